The van der Waals surface area contributed by atoms with Crippen molar-refractivity contribution in [2.24, 2.45) is 13.0 Å². The van der Waals surface area contributed by atoms with Gasteiger partial charge in [0, 0.05) is 32.6 Å². The van der Waals surface area contributed by atoms with Crippen LogP contribution in [0.1, 0.15) is 12.8 Å². The van der Waals surface area contributed by atoms with E-state index in [0.717, 1.165) is 32.6 Å². The van der Waals surface area contributed by atoms with Crippen LogP contribution < -0.4 is 10.9 Å². The third-order valence-electron chi connectivity index (χ3n) is 2.83. The maximum Gasteiger partial charge on any atom is 0.293 e. The first kappa shape index (κ1) is 11.1. The van der Waals surface area contributed by atoms with Crippen molar-refractivity contribution in [2.75, 3.05) is 25.1 Å². The van der Waals surface area contributed by atoms with Gasteiger partial charge in [0.2, 0.25) is 0 Å². The number of anilines is 1. The molecule has 88 valence electrons. The van der Waals surface area contributed by atoms with Gasteiger partial charge in [0.25, 0.3) is 5.56 Å². The third-order valence-corrected chi connectivity index (χ3v) is 2.83. The average molecular weight is 223 g/mol. The molecule has 1 aromatic rings. The Morgan fingerprint density at radius 1 is 1.69 bits per heavy atom. The average Bonchev–Trinajstić information content (AvgIpc) is 2.32. The second kappa shape index (κ2) is 5.12. The Labute approximate surface area is 94.5 Å². The van der Waals surface area contributed by atoms with Gasteiger partial charge in [-0.15, -0.1) is 0 Å². The molecular weight excluding hydrogens is 206 g/mol. The molecule has 5 heteroatoms. The van der Waals surface area contributed by atoms with E-state index in [1.165, 1.54) is 4.57 Å². The van der Waals surface area contributed by atoms with Crippen LogP contribution in [0.5, 0.6) is 0 Å². The summed E-state index contributed by atoms with van der Waals surface area (Å²) in [4.78, 5) is 15.7. The second-order valence-electron chi connectivity index (χ2n) is 4.16. The largest absolute Gasteiger partial charge is 0.381 e. The highest BCUT2D eigenvalue weighted by Gasteiger charge is 2.14. The fraction of sp³-hybridized carbons (Fsp3) is 0.636. The summed E-state index contributed by atoms with van der Waals surface area (Å²) in [6.07, 6.45) is 5.53. The Morgan fingerprint density at radius 3 is 3.31 bits per heavy atom. The molecule has 0 bridgehead atoms. The summed E-state index contributed by atoms with van der Waals surface area (Å²) in [5, 5.41) is 3.10. The van der Waals surface area contributed by atoms with E-state index in [1.807, 2.05) is 0 Å². The Hall–Kier alpha value is -1.36. The summed E-state index contributed by atoms with van der Waals surface area (Å²) in [6.45, 7) is 2.40. The highest BCUT2D eigenvalue weighted by atomic mass is 16.5. The molecule has 1 aromatic heterocycles. The van der Waals surface area contributed by atoms with Crippen molar-refractivity contribution >= 4 is 5.82 Å². The summed E-state index contributed by atoms with van der Waals surface area (Å²) in [6, 6.07) is 0. The number of hydrogen-bond donors (Lipinski definition) is 1. The van der Waals surface area contributed by atoms with Crippen molar-refractivity contribution in [3.05, 3.63) is 22.7 Å². The topological polar surface area (TPSA) is 56.1 Å². The first-order valence-electron chi connectivity index (χ1n) is 5.60. The summed E-state index contributed by atoms with van der Waals surface area (Å²) >= 11 is 0. The van der Waals surface area contributed by atoms with Crippen molar-refractivity contribution in [1.82, 2.24) is 9.55 Å². The summed E-state index contributed by atoms with van der Waals surface area (Å²) in [7, 11) is 1.72. The van der Waals surface area contributed by atoms with Gasteiger partial charge in [-0.3, -0.25) is 4.79 Å². The standard InChI is InChI=1S/C11H17N3O2/c1-14-5-4-12-10(11(14)15)13-7-9-3-2-6-16-8-9/h4-5,9H,2-3,6-8H2,1H3,(H,12,13). The molecule has 1 N–H and O–H groups in total. The van der Waals surface area contributed by atoms with Crippen molar-refractivity contribution in [2.45, 2.75) is 12.8 Å². The molecule has 1 aliphatic rings. The number of hydrogen-bond acceptors (Lipinski definition) is 4. The molecule has 1 saturated heterocycles. The van der Waals surface area contributed by atoms with Gasteiger partial charge < -0.3 is 14.6 Å². The lowest BCUT2D eigenvalue weighted by Crippen LogP contribution is -2.28. The number of nitrogens with one attached hydrogen (secondary N) is 1. The highest BCUT2D eigenvalue weighted by molar-refractivity contribution is 5.30. The van der Waals surface area contributed by atoms with E-state index < -0.39 is 0 Å². The van der Waals surface area contributed by atoms with E-state index in [0.29, 0.717) is 11.7 Å². The molecule has 0 spiro atoms. The van der Waals surface area contributed by atoms with Gasteiger partial charge in [-0.1, -0.05) is 0 Å². The third kappa shape index (κ3) is 2.61. The Balaban J connectivity index is 1.94. The van der Waals surface area contributed by atoms with E-state index in [-0.39, 0.29) is 5.56 Å². The van der Waals surface area contributed by atoms with E-state index in [1.54, 1.807) is 19.4 Å². The maximum atomic E-state index is 11.6. The molecule has 0 radical (unpaired) electrons. The van der Waals surface area contributed by atoms with Crippen LogP contribution in [0.2, 0.25) is 0 Å². The zero-order valence-corrected chi connectivity index (χ0v) is 9.48. The quantitative estimate of drug-likeness (QED) is 0.816. The molecule has 5 nitrogen and oxygen atoms in total. The van der Waals surface area contributed by atoms with Gasteiger partial charge in [0.15, 0.2) is 5.82 Å². The van der Waals surface area contributed by atoms with Gasteiger partial charge in [-0.25, -0.2) is 4.98 Å². The molecule has 0 aliphatic carbocycles. The molecule has 16 heavy (non-hydrogen) atoms. The van der Waals surface area contributed by atoms with Crippen LogP contribution in [0.25, 0.3) is 0 Å². The SMILES string of the molecule is Cn1ccnc(NCC2CCCOC2)c1=O. The fourth-order valence-electron chi connectivity index (χ4n) is 1.83. The van der Waals surface area contributed by atoms with Crippen LogP contribution in [-0.4, -0.2) is 29.3 Å². The molecule has 2 heterocycles. The monoisotopic (exact) mass is 223 g/mol. The lowest BCUT2D eigenvalue weighted by Gasteiger charge is -2.22. The van der Waals surface area contributed by atoms with Gasteiger partial charge in [-0.2, -0.15) is 0 Å². The van der Waals surface area contributed by atoms with Crippen LogP contribution in [0.4, 0.5) is 5.82 Å². The lowest BCUT2D eigenvalue weighted by molar-refractivity contribution is 0.0594. The summed E-state index contributed by atoms with van der Waals surface area (Å²) in [5.74, 6) is 0.913. The molecule has 0 saturated carbocycles. The van der Waals surface area contributed by atoms with Crippen LogP contribution in [-0.2, 0) is 11.8 Å². The number of ether oxygens (including phenoxy) is 1. The van der Waals surface area contributed by atoms with Crippen molar-refractivity contribution < 1.29 is 4.74 Å². The molecule has 1 atom stereocenters. The normalized spacial score (nSPS) is 20.7. The van der Waals surface area contributed by atoms with Crippen molar-refractivity contribution in [3.8, 4) is 0 Å². The smallest absolute Gasteiger partial charge is 0.293 e. The minimum absolute atomic E-state index is 0.0840. The fourth-order valence-corrected chi connectivity index (χ4v) is 1.83. The zero-order valence-electron chi connectivity index (χ0n) is 9.48. The number of aryl methyl sites for hydroxylation is 1. The molecule has 1 fully saturated rings. The van der Waals surface area contributed by atoms with Gasteiger partial charge in [0.05, 0.1) is 6.61 Å². The maximum absolute atomic E-state index is 11.6. The van der Waals surface area contributed by atoms with Crippen LogP contribution >= 0.6 is 0 Å². The van der Waals surface area contributed by atoms with Crippen LogP contribution in [0.3, 0.4) is 0 Å². The Kier molecular flexibility index (Phi) is 3.56. The first-order valence-corrected chi connectivity index (χ1v) is 5.60. The van der Waals surface area contributed by atoms with Crippen molar-refractivity contribution in [3.63, 3.8) is 0 Å². The number of rotatable bonds is 3. The minimum atomic E-state index is -0.0840. The predicted molar refractivity (Wildman–Crippen MR) is 61.5 cm³/mol. The summed E-state index contributed by atoms with van der Waals surface area (Å²) < 4.78 is 6.90. The first-order chi connectivity index (χ1) is 7.77. The van der Waals surface area contributed by atoms with E-state index in [9.17, 15) is 4.79 Å². The lowest BCUT2D eigenvalue weighted by atomic mass is 10.0. The molecule has 0 aromatic carbocycles. The number of nitrogens with zero attached hydrogens (tertiary/aromatic N) is 2. The van der Waals surface area contributed by atoms with Gasteiger partial charge >= 0.3 is 0 Å². The van der Waals surface area contributed by atoms with Crippen LogP contribution in [0, 0.1) is 5.92 Å². The van der Waals surface area contributed by atoms with Crippen LogP contribution in [0.15, 0.2) is 17.2 Å². The van der Waals surface area contributed by atoms with Crippen molar-refractivity contribution in [1.29, 1.82) is 0 Å². The summed E-state index contributed by atoms with van der Waals surface area (Å²) in [5.41, 5.74) is -0.0840. The minimum Gasteiger partial charge on any atom is -0.381 e. The predicted octanol–water partition coefficient (Wildman–Crippen LogP) is 0.619. The zero-order chi connectivity index (χ0) is 11.4. The second-order valence-corrected chi connectivity index (χ2v) is 4.16. The number of aromatic nitrogens is 2. The van der Waals surface area contributed by atoms with Gasteiger partial charge in [0.1, 0.15) is 0 Å². The van der Waals surface area contributed by atoms with E-state index in [4.69, 9.17) is 4.74 Å². The van der Waals surface area contributed by atoms with Gasteiger partial charge in [-0.05, 0) is 18.8 Å². The molecular formula is C11H17N3O2. The Bertz CT molecular complexity index is 396. The highest BCUT2D eigenvalue weighted by Crippen LogP contribution is 2.13. The van der Waals surface area contributed by atoms with E-state index >= 15 is 0 Å². The molecule has 0 amide bonds. The molecule has 1 aliphatic heterocycles. The van der Waals surface area contributed by atoms with E-state index in [2.05, 4.69) is 10.3 Å². The molecule has 1 unspecified atom stereocenters. The Morgan fingerprint density at radius 2 is 2.56 bits per heavy atom. The molecule has 2 rings (SSSR count).